The number of likely N-dealkylation sites (N-methyl/N-ethyl adjacent to an activating group) is 1. The van der Waals surface area contributed by atoms with Crippen LogP contribution in [-0.2, 0) is 0 Å². The summed E-state index contributed by atoms with van der Waals surface area (Å²) in [5.74, 6) is -1.35. The van der Waals surface area contributed by atoms with Crippen LogP contribution in [0.15, 0.2) is 12.1 Å². The minimum Gasteiger partial charge on any atom is -0.432 e. The summed E-state index contributed by atoms with van der Waals surface area (Å²) < 4.78 is 42.1. The van der Waals surface area contributed by atoms with Crippen molar-refractivity contribution in [1.29, 1.82) is 0 Å². The molecule has 0 radical (unpaired) electrons. The van der Waals surface area contributed by atoms with Crippen LogP contribution in [0, 0.1) is 5.82 Å². The Bertz CT molecular complexity index is 462. The normalized spacial score (nSPS) is 16.8. The molecule has 2 N–H and O–H groups in total. The molecule has 0 bridgehead atoms. The van der Waals surface area contributed by atoms with Gasteiger partial charge in [0.05, 0.1) is 11.4 Å². The largest absolute Gasteiger partial charge is 0.432 e. The summed E-state index contributed by atoms with van der Waals surface area (Å²) in [6.45, 7) is 3.15. The van der Waals surface area contributed by atoms with Crippen molar-refractivity contribution in [3.63, 3.8) is 0 Å². The molecule has 1 saturated heterocycles. The average molecular weight is 289 g/mol. The molecule has 1 aliphatic heterocycles. The first kappa shape index (κ1) is 14.8. The second-order valence-electron chi connectivity index (χ2n) is 4.64. The zero-order valence-corrected chi connectivity index (χ0v) is 11.3. The van der Waals surface area contributed by atoms with Crippen LogP contribution in [0.1, 0.15) is 6.92 Å². The molecular weight excluding hydrogens is 271 g/mol. The van der Waals surface area contributed by atoms with Gasteiger partial charge >= 0.3 is 6.61 Å². The fourth-order valence-corrected chi connectivity index (χ4v) is 2.32. The molecule has 0 spiro atoms. The molecule has 112 valence electrons. The number of benzene rings is 1. The molecule has 1 heterocycles. The second-order valence-corrected chi connectivity index (χ2v) is 4.64. The van der Waals surface area contributed by atoms with Crippen LogP contribution in [0.3, 0.4) is 0 Å². The van der Waals surface area contributed by atoms with Crippen LogP contribution in [0.5, 0.6) is 5.75 Å². The Labute approximate surface area is 115 Å². The number of hydrogen-bond donors (Lipinski definition) is 1. The van der Waals surface area contributed by atoms with Gasteiger partial charge in [-0.05, 0) is 6.54 Å². The molecule has 0 atom stereocenters. The lowest BCUT2D eigenvalue weighted by atomic mass is 10.2. The number of ether oxygens (including phenoxy) is 1. The zero-order chi connectivity index (χ0) is 14.7. The molecule has 2 rings (SSSR count). The summed E-state index contributed by atoms with van der Waals surface area (Å²) in [6.07, 6.45) is 0. The van der Waals surface area contributed by atoms with E-state index in [1.807, 2.05) is 4.90 Å². The highest BCUT2D eigenvalue weighted by Gasteiger charge is 2.20. The van der Waals surface area contributed by atoms with Crippen LogP contribution >= 0.6 is 0 Å². The van der Waals surface area contributed by atoms with Gasteiger partial charge < -0.3 is 20.3 Å². The molecule has 20 heavy (non-hydrogen) atoms. The van der Waals surface area contributed by atoms with E-state index in [1.165, 1.54) is 6.07 Å². The van der Waals surface area contributed by atoms with Crippen molar-refractivity contribution in [3.05, 3.63) is 17.9 Å². The van der Waals surface area contributed by atoms with Crippen LogP contribution in [0.4, 0.5) is 24.5 Å². The van der Waals surface area contributed by atoms with Gasteiger partial charge in [0.2, 0.25) is 0 Å². The van der Waals surface area contributed by atoms with Gasteiger partial charge in [0.15, 0.2) is 11.6 Å². The van der Waals surface area contributed by atoms with Gasteiger partial charge in [-0.15, -0.1) is 0 Å². The summed E-state index contributed by atoms with van der Waals surface area (Å²) >= 11 is 0. The standard InChI is InChI=1S/C13H18F3N3O/c1-2-18-3-5-19(6-4-18)11-8-12(20-13(15)16)9(14)7-10(11)17/h7-8,13H,2-6,17H2,1H3. The fourth-order valence-electron chi connectivity index (χ4n) is 2.32. The number of rotatable bonds is 4. The van der Waals surface area contributed by atoms with E-state index in [0.29, 0.717) is 5.69 Å². The van der Waals surface area contributed by atoms with Crippen LogP contribution in [-0.4, -0.2) is 44.2 Å². The predicted octanol–water partition coefficient (Wildman–Crippen LogP) is 2.15. The van der Waals surface area contributed by atoms with Crippen molar-refractivity contribution in [1.82, 2.24) is 4.90 Å². The number of alkyl halides is 2. The topological polar surface area (TPSA) is 41.7 Å². The monoisotopic (exact) mass is 289 g/mol. The Hall–Kier alpha value is -1.63. The smallest absolute Gasteiger partial charge is 0.387 e. The van der Waals surface area contributed by atoms with Crippen molar-refractivity contribution in [2.24, 2.45) is 0 Å². The van der Waals surface area contributed by atoms with E-state index in [9.17, 15) is 13.2 Å². The van der Waals surface area contributed by atoms with Crippen LogP contribution in [0.2, 0.25) is 0 Å². The van der Waals surface area contributed by atoms with E-state index in [-0.39, 0.29) is 5.69 Å². The van der Waals surface area contributed by atoms with E-state index in [0.717, 1.165) is 38.8 Å². The van der Waals surface area contributed by atoms with Crippen molar-refractivity contribution < 1.29 is 17.9 Å². The lowest BCUT2D eigenvalue weighted by Crippen LogP contribution is -2.46. The van der Waals surface area contributed by atoms with Gasteiger partial charge in [-0.2, -0.15) is 8.78 Å². The number of hydrogen-bond acceptors (Lipinski definition) is 4. The van der Waals surface area contributed by atoms with Crippen molar-refractivity contribution in [2.75, 3.05) is 43.4 Å². The van der Waals surface area contributed by atoms with Crippen LogP contribution < -0.4 is 15.4 Å². The summed E-state index contributed by atoms with van der Waals surface area (Å²) in [5, 5.41) is 0. The SMILES string of the molecule is CCN1CCN(c2cc(OC(F)F)c(F)cc2N)CC1. The van der Waals surface area contributed by atoms with E-state index >= 15 is 0 Å². The molecular formula is C13H18F3N3O. The Morgan fingerprint density at radius 3 is 2.45 bits per heavy atom. The minimum atomic E-state index is -3.06. The van der Waals surface area contributed by atoms with Crippen LogP contribution in [0.25, 0.3) is 0 Å². The Morgan fingerprint density at radius 1 is 1.25 bits per heavy atom. The third-order valence-electron chi connectivity index (χ3n) is 3.46. The fraction of sp³-hybridized carbons (Fsp3) is 0.538. The van der Waals surface area contributed by atoms with Gasteiger partial charge in [-0.1, -0.05) is 6.92 Å². The molecule has 0 saturated carbocycles. The second kappa shape index (κ2) is 6.21. The number of halogens is 3. The Morgan fingerprint density at radius 2 is 1.90 bits per heavy atom. The summed E-state index contributed by atoms with van der Waals surface area (Å²) in [4.78, 5) is 4.23. The highest BCUT2D eigenvalue weighted by atomic mass is 19.3. The Balaban J connectivity index is 2.19. The van der Waals surface area contributed by atoms with E-state index in [2.05, 4.69) is 16.6 Å². The third kappa shape index (κ3) is 3.27. The van der Waals surface area contributed by atoms with Gasteiger partial charge in [0.1, 0.15) is 0 Å². The average Bonchev–Trinajstić information content (AvgIpc) is 2.41. The Kier molecular flexibility index (Phi) is 4.59. The van der Waals surface area contributed by atoms with Gasteiger partial charge in [-0.3, -0.25) is 0 Å². The highest BCUT2D eigenvalue weighted by molar-refractivity contribution is 5.70. The third-order valence-corrected chi connectivity index (χ3v) is 3.46. The maximum absolute atomic E-state index is 13.5. The lowest BCUT2D eigenvalue weighted by molar-refractivity contribution is -0.0521. The molecule has 1 aromatic rings. The van der Waals surface area contributed by atoms with Gasteiger partial charge in [0.25, 0.3) is 0 Å². The molecule has 4 nitrogen and oxygen atoms in total. The van der Waals surface area contributed by atoms with Crippen molar-refractivity contribution in [2.45, 2.75) is 13.5 Å². The van der Waals surface area contributed by atoms with E-state index in [1.54, 1.807) is 0 Å². The quantitative estimate of drug-likeness (QED) is 0.862. The number of nitrogens with two attached hydrogens (primary N) is 1. The minimum absolute atomic E-state index is 0.231. The summed E-state index contributed by atoms with van der Waals surface area (Å²) in [5.41, 5.74) is 6.55. The van der Waals surface area contributed by atoms with Crippen molar-refractivity contribution in [3.8, 4) is 5.75 Å². The molecule has 0 aliphatic carbocycles. The molecule has 7 heteroatoms. The summed E-state index contributed by atoms with van der Waals surface area (Å²) in [6, 6.07) is 2.28. The van der Waals surface area contributed by atoms with Gasteiger partial charge in [0, 0.05) is 38.3 Å². The van der Waals surface area contributed by atoms with E-state index < -0.39 is 18.2 Å². The predicted molar refractivity (Wildman–Crippen MR) is 71.8 cm³/mol. The first-order chi connectivity index (χ1) is 9.51. The first-order valence-corrected chi connectivity index (χ1v) is 6.52. The maximum Gasteiger partial charge on any atom is 0.387 e. The zero-order valence-electron chi connectivity index (χ0n) is 11.3. The molecule has 1 fully saturated rings. The first-order valence-electron chi connectivity index (χ1n) is 6.52. The number of piperazine rings is 1. The molecule has 0 unspecified atom stereocenters. The molecule has 1 aliphatic rings. The number of nitrogens with zero attached hydrogens (tertiary/aromatic N) is 2. The highest BCUT2D eigenvalue weighted by Crippen LogP contribution is 2.32. The van der Waals surface area contributed by atoms with E-state index in [4.69, 9.17) is 5.73 Å². The molecule has 0 amide bonds. The number of anilines is 2. The maximum atomic E-state index is 13.5. The lowest BCUT2D eigenvalue weighted by Gasteiger charge is -2.36. The summed E-state index contributed by atoms with van der Waals surface area (Å²) in [7, 11) is 0. The van der Waals surface area contributed by atoms with Crippen molar-refractivity contribution >= 4 is 11.4 Å². The molecule has 0 aromatic heterocycles. The van der Waals surface area contributed by atoms with Gasteiger partial charge in [-0.25, -0.2) is 4.39 Å². The molecule has 1 aromatic carbocycles. The number of nitrogen functional groups attached to an aromatic ring is 1.